The van der Waals surface area contributed by atoms with E-state index in [1.807, 2.05) is 54.0 Å². The third-order valence-corrected chi connectivity index (χ3v) is 6.88. The molecule has 32 heavy (non-hydrogen) atoms. The molecule has 2 aliphatic rings. The van der Waals surface area contributed by atoms with E-state index >= 15 is 0 Å². The second-order valence-electron chi connectivity index (χ2n) is 9.16. The zero-order chi connectivity index (χ0) is 22.1. The van der Waals surface area contributed by atoms with E-state index in [9.17, 15) is 9.59 Å². The van der Waals surface area contributed by atoms with Crippen molar-refractivity contribution in [2.75, 3.05) is 0 Å². The lowest BCUT2D eigenvalue weighted by Gasteiger charge is -2.44. The Kier molecular flexibility index (Phi) is 5.41. The molecule has 5 rings (SSSR count). The van der Waals surface area contributed by atoms with Gasteiger partial charge in [-0.05, 0) is 44.0 Å². The molecule has 7 nitrogen and oxygen atoms in total. The minimum absolute atomic E-state index is 0.0999. The molecule has 1 atom stereocenters. The van der Waals surface area contributed by atoms with Gasteiger partial charge in [0.05, 0.1) is 29.8 Å². The highest BCUT2D eigenvalue weighted by Gasteiger charge is 2.49. The number of para-hydroxylation sites is 2. The summed E-state index contributed by atoms with van der Waals surface area (Å²) in [6.07, 6.45) is 8.41. The van der Waals surface area contributed by atoms with Gasteiger partial charge in [0.1, 0.15) is 5.54 Å². The highest BCUT2D eigenvalue weighted by atomic mass is 16.2. The molecule has 1 N–H and O–H groups in total. The first kappa shape index (κ1) is 20.7. The Hall–Kier alpha value is -3.22. The number of rotatable bonds is 4. The van der Waals surface area contributed by atoms with Gasteiger partial charge in [-0.2, -0.15) is 0 Å². The van der Waals surface area contributed by atoms with Crippen molar-refractivity contribution < 1.29 is 9.59 Å². The number of nitrogens with zero attached hydrogens (tertiary/aromatic N) is 4. The van der Waals surface area contributed by atoms with Crippen LogP contribution in [0.5, 0.6) is 0 Å². The van der Waals surface area contributed by atoms with Crippen LogP contribution in [-0.2, 0) is 17.9 Å². The summed E-state index contributed by atoms with van der Waals surface area (Å²) in [6.45, 7) is 2.50. The zero-order valence-corrected chi connectivity index (χ0v) is 18.5. The number of hydrogen-bond donors (Lipinski definition) is 1. The first-order valence-corrected chi connectivity index (χ1v) is 11.5. The van der Waals surface area contributed by atoms with Crippen molar-refractivity contribution in [3.8, 4) is 0 Å². The smallest absolute Gasteiger partial charge is 0.291 e. The molecular weight excluding hydrogens is 402 g/mol. The van der Waals surface area contributed by atoms with Crippen LogP contribution in [0.3, 0.4) is 0 Å². The maximum atomic E-state index is 13.8. The van der Waals surface area contributed by atoms with E-state index < -0.39 is 5.54 Å². The largest absolute Gasteiger partial charge is 0.351 e. The Morgan fingerprint density at radius 1 is 1.09 bits per heavy atom. The van der Waals surface area contributed by atoms with Gasteiger partial charge < -0.3 is 14.8 Å². The lowest BCUT2D eigenvalue weighted by molar-refractivity contribution is -0.134. The quantitative estimate of drug-likeness (QED) is 0.639. The Morgan fingerprint density at radius 2 is 1.84 bits per heavy atom. The van der Waals surface area contributed by atoms with Crippen LogP contribution in [-0.4, -0.2) is 42.8 Å². The molecule has 0 radical (unpaired) electrons. The number of aromatic nitrogens is 3. The lowest BCUT2D eigenvalue weighted by Crippen LogP contribution is -2.64. The zero-order valence-electron chi connectivity index (χ0n) is 18.5. The Labute approximate surface area is 187 Å². The van der Waals surface area contributed by atoms with Crippen molar-refractivity contribution in [1.29, 1.82) is 0 Å². The van der Waals surface area contributed by atoms with Crippen LogP contribution in [0.1, 0.15) is 61.8 Å². The summed E-state index contributed by atoms with van der Waals surface area (Å²) in [5, 5.41) is 3.29. The first-order chi connectivity index (χ1) is 15.6. The third-order valence-electron chi connectivity index (χ3n) is 6.88. The lowest BCUT2D eigenvalue weighted by atomic mass is 9.93. The van der Waals surface area contributed by atoms with Crippen molar-refractivity contribution in [3.05, 3.63) is 60.2 Å². The Morgan fingerprint density at radius 3 is 2.59 bits per heavy atom. The fraction of sp³-hybridized carbons (Fsp3) is 0.440. The SMILES string of the molecule is CC1(C(=O)NC2CCCCCC2)Cn2c(nc3ccccc32)C(=O)N1Cc1ccccn1. The Bertz CT molecular complexity index is 1130. The molecule has 1 aliphatic heterocycles. The van der Waals surface area contributed by atoms with E-state index in [4.69, 9.17) is 0 Å². The molecule has 1 saturated carbocycles. The number of benzene rings is 1. The molecular formula is C25H29N5O2. The molecule has 1 unspecified atom stereocenters. The number of hydrogen-bond acceptors (Lipinski definition) is 4. The van der Waals surface area contributed by atoms with E-state index in [1.165, 1.54) is 12.8 Å². The van der Waals surface area contributed by atoms with Gasteiger partial charge in [0.15, 0.2) is 5.82 Å². The summed E-state index contributed by atoms with van der Waals surface area (Å²) >= 11 is 0. The second kappa shape index (κ2) is 8.37. The van der Waals surface area contributed by atoms with Crippen LogP contribution in [0.4, 0.5) is 0 Å². The molecule has 3 heterocycles. The summed E-state index contributed by atoms with van der Waals surface area (Å²) in [4.78, 5) is 38.1. The summed E-state index contributed by atoms with van der Waals surface area (Å²) in [6, 6.07) is 13.5. The molecule has 0 saturated heterocycles. The van der Waals surface area contributed by atoms with Crippen LogP contribution >= 0.6 is 0 Å². The van der Waals surface area contributed by atoms with E-state index in [1.54, 1.807) is 11.1 Å². The summed E-state index contributed by atoms with van der Waals surface area (Å²) < 4.78 is 1.90. The number of fused-ring (bicyclic) bond motifs is 3. The van der Waals surface area contributed by atoms with Crippen LogP contribution in [0.15, 0.2) is 48.7 Å². The fourth-order valence-electron chi connectivity index (χ4n) is 5.00. The Balaban J connectivity index is 1.53. The second-order valence-corrected chi connectivity index (χ2v) is 9.16. The normalized spacial score (nSPS) is 21.9. The molecule has 7 heteroatoms. The highest BCUT2D eigenvalue weighted by Crippen LogP contribution is 2.32. The van der Waals surface area contributed by atoms with Crippen molar-refractivity contribution in [3.63, 3.8) is 0 Å². The predicted octanol–water partition coefficient (Wildman–Crippen LogP) is 3.69. The topological polar surface area (TPSA) is 80.1 Å². The first-order valence-electron chi connectivity index (χ1n) is 11.5. The number of amides is 2. The van der Waals surface area contributed by atoms with Crippen LogP contribution in [0.25, 0.3) is 11.0 Å². The summed E-state index contributed by atoms with van der Waals surface area (Å²) in [7, 11) is 0. The van der Waals surface area contributed by atoms with Gasteiger partial charge in [-0.1, -0.05) is 43.9 Å². The highest BCUT2D eigenvalue weighted by molar-refractivity contribution is 6.01. The van der Waals surface area contributed by atoms with Gasteiger partial charge in [-0.15, -0.1) is 0 Å². The monoisotopic (exact) mass is 431 g/mol. The molecule has 3 aromatic rings. The third kappa shape index (κ3) is 3.66. The standard InChI is InChI=1S/C25H29N5O2/c1-25(24(32)27-18-10-4-2-3-5-11-18)17-29-21-14-7-6-13-20(21)28-22(29)23(31)30(25)16-19-12-8-9-15-26-19/h6-9,12-15,18H,2-5,10-11,16-17H2,1H3,(H,27,32). The molecule has 1 aliphatic carbocycles. The molecule has 2 aromatic heterocycles. The number of imidazole rings is 1. The number of pyridine rings is 1. The van der Waals surface area contributed by atoms with E-state index in [0.717, 1.165) is 42.4 Å². The minimum atomic E-state index is -1.04. The van der Waals surface area contributed by atoms with Crippen LogP contribution < -0.4 is 5.32 Å². The van der Waals surface area contributed by atoms with Crippen LogP contribution in [0, 0.1) is 0 Å². The van der Waals surface area contributed by atoms with Gasteiger partial charge in [0, 0.05) is 12.2 Å². The van der Waals surface area contributed by atoms with Crippen molar-refractivity contribution in [2.45, 2.75) is 70.1 Å². The molecule has 1 fully saturated rings. The van der Waals surface area contributed by atoms with E-state index in [0.29, 0.717) is 12.4 Å². The van der Waals surface area contributed by atoms with Gasteiger partial charge in [-0.3, -0.25) is 14.6 Å². The minimum Gasteiger partial charge on any atom is -0.351 e. The maximum Gasteiger partial charge on any atom is 0.291 e. The average molecular weight is 432 g/mol. The van der Waals surface area contributed by atoms with Crippen LogP contribution in [0.2, 0.25) is 0 Å². The van der Waals surface area contributed by atoms with Crippen molar-refractivity contribution >= 4 is 22.8 Å². The molecule has 0 bridgehead atoms. The maximum absolute atomic E-state index is 13.8. The molecule has 166 valence electrons. The number of carbonyl (C=O) groups is 2. The van der Waals surface area contributed by atoms with E-state index in [-0.39, 0.29) is 24.4 Å². The number of nitrogens with one attached hydrogen (secondary N) is 1. The molecule has 2 amide bonds. The van der Waals surface area contributed by atoms with Gasteiger partial charge >= 0.3 is 0 Å². The number of carbonyl (C=O) groups excluding carboxylic acids is 2. The van der Waals surface area contributed by atoms with Gasteiger partial charge in [-0.25, -0.2) is 4.98 Å². The van der Waals surface area contributed by atoms with Crippen molar-refractivity contribution in [2.24, 2.45) is 0 Å². The average Bonchev–Trinajstić information content (AvgIpc) is 2.98. The summed E-state index contributed by atoms with van der Waals surface area (Å²) in [5.74, 6) is 0.0376. The van der Waals surface area contributed by atoms with E-state index in [2.05, 4.69) is 15.3 Å². The van der Waals surface area contributed by atoms with Crippen molar-refractivity contribution in [1.82, 2.24) is 24.8 Å². The fourth-order valence-corrected chi connectivity index (χ4v) is 5.00. The molecule has 0 spiro atoms. The molecule has 1 aromatic carbocycles. The van der Waals surface area contributed by atoms with Gasteiger partial charge in [0.2, 0.25) is 5.91 Å². The van der Waals surface area contributed by atoms with Gasteiger partial charge in [0.25, 0.3) is 5.91 Å². The predicted molar refractivity (Wildman–Crippen MR) is 122 cm³/mol. The summed E-state index contributed by atoms with van der Waals surface area (Å²) in [5.41, 5.74) is 1.35.